The van der Waals surface area contributed by atoms with Crippen LogP contribution in [0.1, 0.15) is 56.0 Å². The third kappa shape index (κ3) is 4.97. The molecule has 3 aliphatic rings. The molecule has 10 nitrogen and oxygen atoms in total. The van der Waals surface area contributed by atoms with E-state index in [0.29, 0.717) is 43.2 Å². The summed E-state index contributed by atoms with van der Waals surface area (Å²) in [4.78, 5) is 17.1. The molecule has 0 radical (unpaired) electrons. The molecule has 0 atom stereocenters. The van der Waals surface area contributed by atoms with Crippen LogP contribution in [0.5, 0.6) is 11.5 Å². The molecule has 0 spiro atoms. The fourth-order valence-electron chi connectivity index (χ4n) is 5.21. The summed E-state index contributed by atoms with van der Waals surface area (Å²) in [5, 5.41) is 6.68. The van der Waals surface area contributed by atoms with Crippen molar-refractivity contribution in [2.24, 2.45) is 5.73 Å². The van der Waals surface area contributed by atoms with E-state index in [4.69, 9.17) is 10.5 Å². The van der Waals surface area contributed by atoms with Crippen LogP contribution in [-0.2, 0) is 10.0 Å². The quantitative estimate of drug-likeness (QED) is 0.413. The van der Waals surface area contributed by atoms with Crippen molar-refractivity contribution >= 4 is 21.5 Å². The first-order valence-corrected chi connectivity index (χ1v) is 13.7. The van der Waals surface area contributed by atoms with Gasteiger partial charge in [0.1, 0.15) is 0 Å². The van der Waals surface area contributed by atoms with Crippen LogP contribution in [-0.4, -0.2) is 49.4 Å². The van der Waals surface area contributed by atoms with Gasteiger partial charge in [-0.3, -0.25) is 4.57 Å². The number of aromatic nitrogens is 2. The summed E-state index contributed by atoms with van der Waals surface area (Å²) in [7, 11) is -3.36. The molecule has 3 heterocycles. The van der Waals surface area contributed by atoms with Crippen LogP contribution in [0.3, 0.4) is 0 Å². The van der Waals surface area contributed by atoms with E-state index in [1.165, 1.54) is 5.56 Å². The van der Waals surface area contributed by atoms with Crippen molar-refractivity contribution in [3.63, 3.8) is 0 Å². The molecule has 5 rings (SSSR count). The highest BCUT2D eigenvalue weighted by molar-refractivity contribution is 7.89. The van der Waals surface area contributed by atoms with Gasteiger partial charge >= 0.3 is 5.69 Å². The summed E-state index contributed by atoms with van der Waals surface area (Å²) < 4.78 is 34.5. The minimum absolute atomic E-state index is 0.0483. The molecule has 2 fully saturated rings. The van der Waals surface area contributed by atoms with Crippen molar-refractivity contribution in [3.8, 4) is 11.5 Å². The Morgan fingerprint density at radius 2 is 1.88 bits per heavy atom. The number of nitrogens with two attached hydrogens (primary N) is 1. The Morgan fingerprint density at radius 1 is 1.12 bits per heavy atom. The zero-order chi connectivity index (χ0) is 23.7. The smallest absolute Gasteiger partial charge is 0.350 e. The molecule has 1 aromatic heterocycles. The normalized spacial score (nSPS) is 22.9. The van der Waals surface area contributed by atoms with Crippen LogP contribution in [0.25, 0.3) is 0 Å². The first kappa shape index (κ1) is 23.3. The van der Waals surface area contributed by atoms with Gasteiger partial charge in [-0.1, -0.05) is 6.07 Å². The SMILES string of the molecule is NCCS(=O)(=O)NC1CCC(n2cc3c(nc2=O)Nc2cc(C4CCNCC4)ccc2O3)CC1. The van der Waals surface area contributed by atoms with Gasteiger partial charge in [0.25, 0.3) is 0 Å². The summed E-state index contributed by atoms with van der Waals surface area (Å²) in [6, 6.07) is 6.03. The van der Waals surface area contributed by atoms with E-state index in [1.54, 1.807) is 10.8 Å². The first-order chi connectivity index (χ1) is 16.4. The number of benzene rings is 1. The fraction of sp³-hybridized carbons (Fsp3) is 0.565. The molecule has 184 valence electrons. The Labute approximate surface area is 199 Å². The van der Waals surface area contributed by atoms with Crippen LogP contribution in [0.4, 0.5) is 11.5 Å². The predicted octanol–water partition coefficient (Wildman–Crippen LogP) is 1.92. The van der Waals surface area contributed by atoms with Crippen LogP contribution in [0.2, 0.25) is 0 Å². The fourth-order valence-corrected chi connectivity index (χ4v) is 6.38. The topological polar surface area (TPSA) is 140 Å². The van der Waals surface area contributed by atoms with Crippen LogP contribution < -0.4 is 31.5 Å². The number of fused-ring (bicyclic) bond motifs is 2. The number of rotatable bonds is 6. The van der Waals surface area contributed by atoms with Gasteiger partial charge in [0.05, 0.1) is 17.6 Å². The van der Waals surface area contributed by atoms with Gasteiger partial charge in [0, 0.05) is 18.6 Å². The van der Waals surface area contributed by atoms with E-state index in [1.807, 2.05) is 6.07 Å². The molecule has 34 heavy (non-hydrogen) atoms. The van der Waals surface area contributed by atoms with Gasteiger partial charge < -0.3 is 21.1 Å². The maximum Gasteiger partial charge on any atom is 0.350 e. The molecule has 1 saturated carbocycles. The van der Waals surface area contributed by atoms with Crippen molar-refractivity contribution in [1.29, 1.82) is 0 Å². The zero-order valence-electron chi connectivity index (χ0n) is 19.1. The molecule has 1 aromatic carbocycles. The summed E-state index contributed by atoms with van der Waals surface area (Å²) in [6.45, 7) is 2.14. The number of anilines is 2. The second kappa shape index (κ2) is 9.65. The number of sulfonamides is 1. The Kier molecular flexibility index (Phi) is 6.61. The lowest BCUT2D eigenvalue weighted by atomic mass is 9.90. The monoisotopic (exact) mass is 488 g/mol. The van der Waals surface area contributed by atoms with E-state index < -0.39 is 10.0 Å². The van der Waals surface area contributed by atoms with Crippen LogP contribution >= 0.6 is 0 Å². The third-order valence-corrected chi connectivity index (χ3v) is 8.49. The lowest BCUT2D eigenvalue weighted by molar-refractivity contribution is 0.300. The molecular formula is C23H32N6O4S. The maximum absolute atomic E-state index is 12.8. The highest BCUT2D eigenvalue weighted by atomic mass is 32.2. The molecule has 2 aromatic rings. The molecule has 0 amide bonds. The number of ether oxygens (including phenoxy) is 1. The lowest BCUT2D eigenvalue weighted by Gasteiger charge is -2.31. The summed E-state index contributed by atoms with van der Waals surface area (Å²) in [5.41, 5.74) is 7.15. The molecular weight excluding hydrogens is 456 g/mol. The van der Waals surface area contributed by atoms with Crippen molar-refractivity contribution in [2.75, 3.05) is 30.7 Å². The average molecular weight is 489 g/mol. The number of nitrogens with zero attached hydrogens (tertiary/aromatic N) is 2. The Hall–Kier alpha value is -2.47. The van der Waals surface area contributed by atoms with E-state index in [0.717, 1.165) is 37.4 Å². The van der Waals surface area contributed by atoms with E-state index in [-0.39, 0.29) is 30.1 Å². The van der Waals surface area contributed by atoms with Gasteiger partial charge in [0.15, 0.2) is 17.3 Å². The highest BCUT2D eigenvalue weighted by Crippen LogP contribution is 2.42. The predicted molar refractivity (Wildman–Crippen MR) is 130 cm³/mol. The Morgan fingerprint density at radius 3 is 2.62 bits per heavy atom. The van der Waals surface area contributed by atoms with Crippen molar-refractivity contribution < 1.29 is 13.2 Å². The third-order valence-electron chi connectivity index (χ3n) is 7.03. The highest BCUT2D eigenvalue weighted by Gasteiger charge is 2.28. The lowest BCUT2D eigenvalue weighted by Crippen LogP contribution is -2.41. The van der Waals surface area contributed by atoms with Gasteiger partial charge in [-0.15, -0.1) is 0 Å². The first-order valence-electron chi connectivity index (χ1n) is 12.0. The molecule has 1 saturated heterocycles. The second-order valence-electron chi connectivity index (χ2n) is 9.38. The van der Waals surface area contributed by atoms with Crippen molar-refractivity contribution in [2.45, 2.75) is 56.5 Å². The molecule has 1 aliphatic carbocycles. The van der Waals surface area contributed by atoms with E-state index >= 15 is 0 Å². The molecule has 0 bridgehead atoms. The average Bonchev–Trinajstić information content (AvgIpc) is 2.83. The molecule has 11 heteroatoms. The van der Waals surface area contributed by atoms with E-state index in [9.17, 15) is 13.2 Å². The number of hydrogen-bond donors (Lipinski definition) is 4. The van der Waals surface area contributed by atoms with Gasteiger partial charge in [-0.25, -0.2) is 17.9 Å². The largest absolute Gasteiger partial charge is 0.450 e. The van der Waals surface area contributed by atoms with Crippen molar-refractivity contribution in [1.82, 2.24) is 19.6 Å². The Bertz CT molecular complexity index is 1200. The second-order valence-corrected chi connectivity index (χ2v) is 11.3. The summed E-state index contributed by atoms with van der Waals surface area (Å²) in [5.74, 6) is 2.11. The van der Waals surface area contributed by atoms with E-state index in [2.05, 4.69) is 32.5 Å². The zero-order valence-corrected chi connectivity index (χ0v) is 19.9. The minimum atomic E-state index is -3.36. The summed E-state index contributed by atoms with van der Waals surface area (Å²) >= 11 is 0. The van der Waals surface area contributed by atoms with Crippen molar-refractivity contribution in [3.05, 3.63) is 40.4 Å². The molecule has 5 N–H and O–H groups in total. The minimum Gasteiger partial charge on any atom is -0.450 e. The maximum atomic E-state index is 12.8. The number of nitrogens with one attached hydrogen (secondary N) is 3. The van der Waals surface area contributed by atoms with Crippen LogP contribution in [0, 0.1) is 0 Å². The van der Waals surface area contributed by atoms with Gasteiger partial charge in [-0.05, 0) is 75.2 Å². The molecule has 2 aliphatic heterocycles. The number of hydrogen-bond acceptors (Lipinski definition) is 8. The van der Waals surface area contributed by atoms with Gasteiger partial charge in [-0.2, -0.15) is 4.98 Å². The molecule has 0 unspecified atom stereocenters. The standard InChI is InChI=1S/C23H32N6O4S/c24-9-12-34(31,32)28-17-2-4-18(5-3-17)29-14-21-22(27-23(29)30)26-19-13-16(1-6-20(19)33-21)15-7-10-25-11-8-15/h1,6,13-15,17-18,25,28H,2-5,7-12,24H2,(H,26,27,30). The van der Waals surface area contributed by atoms with Crippen LogP contribution in [0.15, 0.2) is 29.2 Å². The number of piperidine rings is 1. The summed E-state index contributed by atoms with van der Waals surface area (Å²) in [6.07, 6.45) is 6.61. The van der Waals surface area contributed by atoms with Gasteiger partial charge in [0.2, 0.25) is 10.0 Å². The Balaban J connectivity index is 1.28.